The van der Waals surface area contributed by atoms with Crippen LogP contribution >= 0.6 is 0 Å². The summed E-state index contributed by atoms with van der Waals surface area (Å²) in [6.07, 6.45) is 1.89. The van der Waals surface area contributed by atoms with Gasteiger partial charge in [0.25, 0.3) is 0 Å². The minimum Gasteiger partial charge on any atom is -0.440 e. The molecule has 0 saturated carbocycles. The molecule has 0 radical (unpaired) electrons. The Morgan fingerprint density at radius 1 is 1.35 bits per heavy atom. The molecule has 1 aromatic heterocycles. The fraction of sp³-hybridized carbons (Fsp3) is 0.550. The van der Waals surface area contributed by atoms with Crippen molar-refractivity contribution in [2.45, 2.75) is 46.1 Å². The summed E-state index contributed by atoms with van der Waals surface area (Å²) in [6, 6.07) is 7.66. The first kappa shape index (κ1) is 18.4. The van der Waals surface area contributed by atoms with E-state index < -0.39 is 0 Å². The number of nitrogens with zero attached hydrogens (tertiary/aromatic N) is 2. The number of oxazole rings is 1. The van der Waals surface area contributed by atoms with Gasteiger partial charge in [-0.1, -0.05) is 32.9 Å². The molecule has 2 amide bonds. The number of carbonyl (C=O) groups excluding carboxylic acids is 2. The SMILES string of the molecule is CC[C@@H]1CN(C(=O)Cc2nc3ccccc3o2)CC[C@@H]1NC(=O)C(C)C. The Kier molecular flexibility index (Phi) is 5.59. The number of likely N-dealkylation sites (tertiary alicyclic amines) is 1. The van der Waals surface area contributed by atoms with Gasteiger partial charge in [-0.3, -0.25) is 9.59 Å². The summed E-state index contributed by atoms with van der Waals surface area (Å²) in [5.74, 6) is 0.827. The maximum atomic E-state index is 12.7. The van der Waals surface area contributed by atoms with Crippen LogP contribution in [0.1, 0.15) is 39.5 Å². The van der Waals surface area contributed by atoms with E-state index in [-0.39, 0.29) is 36.1 Å². The highest BCUT2D eigenvalue weighted by atomic mass is 16.3. The number of amides is 2. The summed E-state index contributed by atoms with van der Waals surface area (Å²) >= 11 is 0. The van der Waals surface area contributed by atoms with Gasteiger partial charge in [0.05, 0.1) is 0 Å². The summed E-state index contributed by atoms with van der Waals surface area (Å²) in [7, 11) is 0. The third-order valence-electron chi connectivity index (χ3n) is 5.10. The molecule has 26 heavy (non-hydrogen) atoms. The third-order valence-corrected chi connectivity index (χ3v) is 5.10. The molecule has 1 saturated heterocycles. The van der Waals surface area contributed by atoms with Crippen LogP contribution < -0.4 is 5.32 Å². The lowest BCUT2D eigenvalue weighted by atomic mass is 9.89. The molecule has 1 aliphatic rings. The lowest BCUT2D eigenvalue weighted by molar-refractivity contribution is -0.133. The standard InChI is InChI=1S/C20H27N3O3/c1-4-14-12-23(10-9-15(14)22-20(25)13(2)3)19(24)11-18-21-16-7-5-6-8-17(16)26-18/h5-8,13-15H,4,9-12H2,1-3H3,(H,22,25)/t14-,15+/m1/s1. The molecule has 0 unspecified atom stereocenters. The van der Waals surface area contributed by atoms with Crippen LogP contribution in [-0.4, -0.2) is 40.8 Å². The van der Waals surface area contributed by atoms with E-state index in [0.29, 0.717) is 24.6 Å². The van der Waals surface area contributed by atoms with E-state index in [1.54, 1.807) is 0 Å². The molecule has 140 valence electrons. The topological polar surface area (TPSA) is 75.4 Å². The first-order valence-electron chi connectivity index (χ1n) is 9.40. The summed E-state index contributed by atoms with van der Waals surface area (Å²) < 4.78 is 5.67. The van der Waals surface area contributed by atoms with Crippen LogP contribution in [0.4, 0.5) is 0 Å². The molecule has 3 rings (SSSR count). The lowest BCUT2D eigenvalue weighted by Gasteiger charge is -2.38. The first-order valence-corrected chi connectivity index (χ1v) is 9.40. The fourth-order valence-corrected chi connectivity index (χ4v) is 3.45. The number of rotatable bonds is 5. The van der Waals surface area contributed by atoms with Crippen molar-refractivity contribution in [2.24, 2.45) is 11.8 Å². The van der Waals surface area contributed by atoms with Crippen molar-refractivity contribution >= 4 is 22.9 Å². The average Bonchev–Trinajstić information content (AvgIpc) is 3.03. The molecule has 6 heteroatoms. The minimum atomic E-state index is -0.0219. The summed E-state index contributed by atoms with van der Waals surface area (Å²) in [4.78, 5) is 30.9. The number of hydrogen-bond donors (Lipinski definition) is 1. The third kappa shape index (κ3) is 4.06. The van der Waals surface area contributed by atoms with Crippen LogP contribution in [0.5, 0.6) is 0 Å². The predicted molar refractivity (Wildman–Crippen MR) is 99.5 cm³/mol. The number of para-hydroxylation sites is 2. The Bertz CT molecular complexity index is 750. The monoisotopic (exact) mass is 357 g/mol. The minimum absolute atomic E-state index is 0.0219. The van der Waals surface area contributed by atoms with Crippen molar-refractivity contribution in [3.05, 3.63) is 30.2 Å². The molecule has 1 N–H and O–H groups in total. The molecule has 1 aliphatic heterocycles. The summed E-state index contributed by atoms with van der Waals surface area (Å²) in [6.45, 7) is 7.22. The van der Waals surface area contributed by atoms with Crippen molar-refractivity contribution < 1.29 is 14.0 Å². The van der Waals surface area contributed by atoms with Gasteiger partial charge in [0.15, 0.2) is 5.58 Å². The Balaban J connectivity index is 1.61. The normalized spacial score (nSPS) is 20.5. The number of piperidine rings is 1. The van der Waals surface area contributed by atoms with Crippen molar-refractivity contribution in [2.75, 3.05) is 13.1 Å². The molecule has 2 heterocycles. The van der Waals surface area contributed by atoms with E-state index in [1.807, 2.05) is 43.0 Å². The fourth-order valence-electron chi connectivity index (χ4n) is 3.45. The molecular weight excluding hydrogens is 330 g/mol. The average molecular weight is 357 g/mol. The zero-order valence-corrected chi connectivity index (χ0v) is 15.7. The highest BCUT2D eigenvalue weighted by Crippen LogP contribution is 2.22. The number of aromatic nitrogens is 1. The van der Waals surface area contributed by atoms with Crippen LogP contribution in [-0.2, 0) is 16.0 Å². The van der Waals surface area contributed by atoms with E-state index in [9.17, 15) is 9.59 Å². The van der Waals surface area contributed by atoms with Gasteiger partial charge in [-0.2, -0.15) is 0 Å². The van der Waals surface area contributed by atoms with Crippen LogP contribution in [0, 0.1) is 11.8 Å². The van der Waals surface area contributed by atoms with Gasteiger partial charge in [-0.25, -0.2) is 4.98 Å². The van der Waals surface area contributed by atoms with E-state index in [2.05, 4.69) is 17.2 Å². The second-order valence-electron chi connectivity index (χ2n) is 7.32. The largest absolute Gasteiger partial charge is 0.440 e. The molecule has 6 nitrogen and oxygen atoms in total. The Labute approximate surface area is 153 Å². The van der Waals surface area contributed by atoms with E-state index >= 15 is 0 Å². The van der Waals surface area contributed by atoms with Crippen LogP contribution in [0.2, 0.25) is 0 Å². The Morgan fingerprint density at radius 3 is 2.81 bits per heavy atom. The van der Waals surface area contributed by atoms with E-state index in [0.717, 1.165) is 18.4 Å². The lowest BCUT2D eigenvalue weighted by Crippen LogP contribution is -2.53. The van der Waals surface area contributed by atoms with Gasteiger partial charge in [-0.05, 0) is 30.9 Å². The number of benzene rings is 1. The molecule has 0 spiro atoms. The predicted octanol–water partition coefficient (Wildman–Crippen LogP) is 2.77. The van der Waals surface area contributed by atoms with Gasteiger partial charge in [0, 0.05) is 25.0 Å². The molecule has 0 bridgehead atoms. The molecule has 1 fully saturated rings. The molecule has 2 atom stereocenters. The second-order valence-corrected chi connectivity index (χ2v) is 7.32. The number of carbonyl (C=O) groups is 2. The van der Waals surface area contributed by atoms with Gasteiger partial charge in [0.2, 0.25) is 17.7 Å². The van der Waals surface area contributed by atoms with Crippen LogP contribution in [0.3, 0.4) is 0 Å². The zero-order chi connectivity index (χ0) is 18.7. The van der Waals surface area contributed by atoms with Gasteiger partial charge >= 0.3 is 0 Å². The molecule has 1 aromatic carbocycles. The maximum absolute atomic E-state index is 12.7. The smallest absolute Gasteiger partial charge is 0.231 e. The Hall–Kier alpha value is -2.37. The second kappa shape index (κ2) is 7.89. The number of fused-ring (bicyclic) bond motifs is 1. The van der Waals surface area contributed by atoms with Gasteiger partial charge in [0.1, 0.15) is 11.9 Å². The van der Waals surface area contributed by atoms with Crippen molar-refractivity contribution in [1.82, 2.24) is 15.2 Å². The van der Waals surface area contributed by atoms with Crippen molar-refractivity contribution in [3.63, 3.8) is 0 Å². The molecule has 0 aliphatic carbocycles. The van der Waals surface area contributed by atoms with E-state index in [1.165, 1.54) is 0 Å². The summed E-state index contributed by atoms with van der Waals surface area (Å²) in [5, 5.41) is 3.14. The first-order chi connectivity index (χ1) is 12.5. The van der Waals surface area contributed by atoms with Crippen LogP contribution in [0.15, 0.2) is 28.7 Å². The Morgan fingerprint density at radius 2 is 2.12 bits per heavy atom. The van der Waals surface area contributed by atoms with Crippen molar-refractivity contribution in [3.8, 4) is 0 Å². The van der Waals surface area contributed by atoms with Gasteiger partial charge < -0.3 is 14.6 Å². The zero-order valence-electron chi connectivity index (χ0n) is 15.7. The maximum Gasteiger partial charge on any atom is 0.231 e. The highest BCUT2D eigenvalue weighted by Gasteiger charge is 2.32. The van der Waals surface area contributed by atoms with Gasteiger partial charge in [-0.15, -0.1) is 0 Å². The number of hydrogen-bond acceptors (Lipinski definition) is 4. The van der Waals surface area contributed by atoms with E-state index in [4.69, 9.17) is 4.42 Å². The van der Waals surface area contributed by atoms with Crippen LogP contribution in [0.25, 0.3) is 11.1 Å². The summed E-state index contributed by atoms with van der Waals surface area (Å²) in [5.41, 5.74) is 1.48. The highest BCUT2D eigenvalue weighted by molar-refractivity contribution is 5.80. The quantitative estimate of drug-likeness (QED) is 0.893. The molecular formula is C20H27N3O3. The van der Waals surface area contributed by atoms with Crippen molar-refractivity contribution in [1.29, 1.82) is 0 Å². The molecule has 2 aromatic rings. The number of nitrogens with one attached hydrogen (secondary N) is 1.